The van der Waals surface area contributed by atoms with Gasteiger partial charge in [-0.25, -0.2) is 4.79 Å². The molecule has 0 aliphatic rings. The fourth-order valence-electron chi connectivity index (χ4n) is 1.89. The second-order valence-electron chi connectivity index (χ2n) is 4.47. The maximum Gasteiger partial charge on any atom is 0.336 e. The molecule has 100 valence electrons. The van der Waals surface area contributed by atoms with E-state index in [9.17, 15) is 9.90 Å². The van der Waals surface area contributed by atoms with Crippen LogP contribution in [0.15, 0.2) is 18.2 Å². The number of halogens is 2. The molecule has 0 fully saturated rings. The minimum absolute atomic E-state index is 0.164. The summed E-state index contributed by atoms with van der Waals surface area (Å²) in [7, 11) is 0. The number of aromatic nitrogens is 1. The molecule has 0 bridgehead atoms. The van der Waals surface area contributed by atoms with Crippen molar-refractivity contribution in [3.63, 3.8) is 0 Å². The number of carboxylic acids is 1. The van der Waals surface area contributed by atoms with E-state index in [0.717, 1.165) is 12.1 Å². The Labute approximate surface area is 121 Å². The van der Waals surface area contributed by atoms with Crippen LogP contribution in [0.1, 0.15) is 42.2 Å². The smallest absolute Gasteiger partial charge is 0.336 e. The number of nitrogens with zero attached hydrogens (tertiary/aromatic N) is 1. The Morgan fingerprint density at radius 1 is 1.42 bits per heavy atom. The lowest BCUT2D eigenvalue weighted by atomic mass is 10.00. The first-order valence-corrected chi connectivity index (χ1v) is 6.73. The standard InChI is InChI=1S/C14H13Cl2NO2/c1-3-7(2)11-6-9(14(18)19)8-4-5-10(15)12(16)13(8)17-11/h4-7H,3H2,1-2H3,(H,18,19). The molecule has 0 saturated heterocycles. The minimum Gasteiger partial charge on any atom is -0.478 e. The van der Waals surface area contributed by atoms with Gasteiger partial charge in [-0.2, -0.15) is 0 Å². The van der Waals surface area contributed by atoms with Crippen LogP contribution in [0.2, 0.25) is 10.0 Å². The van der Waals surface area contributed by atoms with Crippen molar-refractivity contribution in [1.82, 2.24) is 4.98 Å². The molecule has 1 atom stereocenters. The normalized spacial score (nSPS) is 12.6. The van der Waals surface area contributed by atoms with Crippen LogP contribution in [-0.4, -0.2) is 16.1 Å². The van der Waals surface area contributed by atoms with Gasteiger partial charge in [0.25, 0.3) is 0 Å². The van der Waals surface area contributed by atoms with E-state index in [-0.39, 0.29) is 11.5 Å². The molecule has 3 nitrogen and oxygen atoms in total. The Morgan fingerprint density at radius 2 is 2.11 bits per heavy atom. The minimum atomic E-state index is -0.990. The van der Waals surface area contributed by atoms with Gasteiger partial charge in [0.15, 0.2) is 0 Å². The fourth-order valence-corrected chi connectivity index (χ4v) is 2.25. The van der Waals surface area contributed by atoms with Gasteiger partial charge < -0.3 is 5.11 Å². The zero-order valence-electron chi connectivity index (χ0n) is 10.6. The topological polar surface area (TPSA) is 50.2 Å². The van der Waals surface area contributed by atoms with Crippen LogP contribution in [0.3, 0.4) is 0 Å². The largest absolute Gasteiger partial charge is 0.478 e. The van der Waals surface area contributed by atoms with Crippen molar-refractivity contribution < 1.29 is 9.90 Å². The van der Waals surface area contributed by atoms with Crippen molar-refractivity contribution in [2.75, 3.05) is 0 Å². The number of hydrogen-bond donors (Lipinski definition) is 1. The average Bonchev–Trinajstić information content (AvgIpc) is 2.40. The molecule has 0 radical (unpaired) electrons. The quantitative estimate of drug-likeness (QED) is 0.889. The summed E-state index contributed by atoms with van der Waals surface area (Å²) in [6.07, 6.45) is 0.871. The molecule has 1 unspecified atom stereocenters. The maximum atomic E-state index is 11.4. The number of rotatable bonds is 3. The van der Waals surface area contributed by atoms with Crippen LogP contribution in [-0.2, 0) is 0 Å². The van der Waals surface area contributed by atoms with Gasteiger partial charge in [-0.3, -0.25) is 4.98 Å². The van der Waals surface area contributed by atoms with Crippen LogP contribution in [0, 0.1) is 0 Å². The van der Waals surface area contributed by atoms with Gasteiger partial charge in [0.05, 0.1) is 21.1 Å². The van der Waals surface area contributed by atoms with Crippen LogP contribution in [0.5, 0.6) is 0 Å². The number of carboxylic acid groups (broad SMARTS) is 1. The highest BCUT2D eigenvalue weighted by Crippen LogP contribution is 2.33. The lowest BCUT2D eigenvalue weighted by Gasteiger charge is -2.12. The van der Waals surface area contributed by atoms with E-state index in [1.807, 2.05) is 13.8 Å². The molecule has 5 heteroatoms. The summed E-state index contributed by atoms with van der Waals surface area (Å²) in [5, 5.41) is 10.5. The van der Waals surface area contributed by atoms with Crippen molar-refractivity contribution in [3.8, 4) is 0 Å². The van der Waals surface area contributed by atoms with Crippen molar-refractivity contribution in [1.29, 1.82) is 0 Å². The lowest BCUT2D eigenvalue weighted by Crippen LogP contribution is -2.04. The van der Waals surface area contributed by atoms with E-state index in [4.69, 9.17) is 23.2 Å². The fraction of sp³-hybridized carbons (Fsp3) is 0.286. The van der Waals surface area contributed by atoms with Crippen molar-refractivity contribution in [3.05, 3.63) is 39.5 Å². The Balaban J connectivity index is 2.84. The number of pyridine rings is 1. The second-order valence-corrected chi connectivity index (χ2v) is 5.25. The van der Waals surface area contributed by atoms with Crippen LogP contribution < -0.4 is 0 Å². The van der Waals surface area contributed by atoms with E-state index in [1.165, 1.54) is 0 Å². The second kappa shape index (κ2) is 5.35. The highest BCUT2D eigenvalue weighted by Gasteiger charge is 2.17. The van der Waals surface area contributed by atoms with Crippen LogP contribution in [0.4, 0.5) is 0 Å². The van der Waals surface area contributed by atoms with Crippen molar-refractivity contribution in [2.24, 2.45) is 0 Å². The Kier molecular flexibility index (Phi) is 3.97. The highest BCUT2D eigenvalue weighted by molar-refractivity contribution is 6.45. The molecule has 1 N–H and O–H groups in total. The lowest BCUT2D eigenvalue weighted by molar-refractivity contribution is 0.0699. The van der Waals surface area contributed by atoms with Gasteiger partial charge in [-0.05, 0) is 24.5 Å². The third-order valence-electron chi connectivity index (χ3n) is 3.24. The predicted octanol–water partition coefficient (Wildman–Crippen LogP) is 4.75. The molecule has 0 aliphatic carbocycles. The summed E-state index contributed by atoms with van der Waals surface area (Å²) in [5.41, 5.74) is 1.37. The summed E-state index contributed by atoms with van der Waals surface area (Å²) in [6, 6.07) is 4.84. The van der Waals surface area contributed by atoms with E-state index >= 15 is 0 Å². The van der Waals surface area contributed by atoms with Gasteiger partial charge in [-0.15, -0.1) is 0 Å². The first kappa shape index (κ1) is 14.1. The molecule has 0 spiro atoms. The van der Waals surface area contributed by atoms with E-state index in [2.05, 4.69) is 4.98 Å². The summed E-state index contributed by atoms with van der Waals surface area (Å²) in [6.45, 7) is 4.02. The third-order valence-corrected chi connectivity index (χ3v) is 4.03. The zero-order valence-corrected chi connectivity index (χ0v) is 12.1. The molecular formula is C14H13Cl2NO2. The summed E-state index contributed by atoms with van der Waals surface area (Å²) in [4.78, 5) is 15.8. The van der Waals surface area contributed by atoms with Gasteiger partial charge in [0.1, 0.15) is 0 Å². The number of carbonyl (C=O) groups is 1. The highest BCUT2D eigenvalue weighted by atomic mass is 35.5. The van der Waals surface area contributed by atoms with E-state index in [1.54, 1.807) is 18.2 Å². The summed E-state index contributed by atoms with van der Waals surface area (Å²) >= 11 is 12.1. The third kappa shape index (κ3) is 2.53. The molecule has 0 saturated carbocycles. The number of benzene rings is 1. The number of fused-ring (bicyclic) bond motifs is 1. The number of hydrogen-bond acceptors (Lipinski definition) is 2. The monoisotopic (exact) mass is 297 g/mol. The Morgan fingerprint density at radius 3 is 2.68 bits per heavy atom. The predicted molar refractivity (Wildman–Crippen MR) is 77.4 cm³/mol. The van der Waals surface area contributed by atoms with Gasteiger partial charge in [-0.1, -0.05) is 43.1 Å². The summed E-state index contributed by atoms with van der Waals surface area (Å²) in [5.74, 6) is -0.826. The molecule has 1 heterocycles. The molecule has 0 aliphatic heterocycles. The molecule has 2 aromatic rings. The van der Waals surface area contributed by atoms with Crippen molar-refractivity contribution in [2.45, 2.75) is 26.2 Å². The van der Waals surface area contributed by atoms with E-state index < -0.39 is 5.97 Å². The van der Waals surface area contributed by atoms with Crippen LogP contribution >= 0.6 is 23.2 Å². The van der Waals surface area contributed by atoms with E-state index in [0.29, 0.717) is 20.9 Å². The molecule has 2 rings (SSSR count). The summed E-state index contributed by atoms with van der Waals surface area (Å²) < 4.78 is 0. The average molecular weight is 298 g/mol. The van der Waals surface area contributed by atoms with Crippen LogP contribution in [0.25, 0.3) is 10.9 Å². The maximum absolute atomic E-state index is 11.4. The van der Waals surface area contributed by atoms with Crippen molar-refractivity contribution >= 4 is 40.1 Å². The Bertz CT molecular complexity index is 655. The first-order valence-electron chi connectivity index (χ1n) is 5.97. The molecule has 0 amide bonds. The Hall–Kier alpha value is -1.32. The molecule has 1 aromatic heterocycles. The van der Waals surface area contributed by atoms with Gasteiger partial charge >= 0.3 is 5.97 Å². The zero-order chi connectivity index (χ0) is 14.2. The van der Waals surface area contributed by atoms with Gasteiger partial charge in [0.2, 0.25) is 0 Å². The first-order chi connectivity index (χ1) is 8.95. The number of aromatic carboxylic acids is 1. The molecule has 1 aromatic carbocycles. The molecule has 19 heavy (non-hydrogen) atoms. The molecular weight excluding hydrogens is 285 g/mol. The SMILES string of the molecule is CCC(C)c1cc(C(=O)O)c2ccc(Cl)c(Cl)c2n1. The van der Waals surface area contributed by atoms with Gasteiger partial charge in [0, 0.05) is 11.1 Å².